The summed E-state index contributed by atoms with van der Waals surface area (Å²) < 4.78 is 4.99. The van der Waals surface area contributed by atoms with Crippen molar-refractivity contribution >= 4 is 0 Å². The number of nitrogens with one attached hydrogen (secondary N) is 1. The molecule has 0 amide bonds. The summed E-state index contributed by atoms with van der Waals surface area (Å²) in [6.45, 7) is 8.74. The van der Waals surface area contributed by atoms with Crippen molar-refractivity contribution in [3.05, 3.63) is 29.1 Å². The lowest BCUT2D eigenvalue weighted by Gasteiger charge is -2.18. The van der Waals surface area contributed by atoms with E-state index in [0.29, 0.717) is 0 Å². The molecule has 102 valence electrons. The predicted molar refractivity (Wildman–Crippen MR) is 74.8 cm³/mol. The van der Waals surface area contributed by atoms with Crippen LogP contribution in [0.2, 0.25) is 0 Å². The molecule has 1 heterocycles. The molecule has 1 aromatic heterocycles. The molecule has 0 aliphatic rings. The Morgan fingerprint density at radius 3 is 2.72 bits per heavy atom. The van der Waals surface area contributed by atoms with E-state index in [9.17, 15) is 0 Å². The van der Waals surface area contributed by atoms with Crippen LogP contribution < -0.4 is 5.32 Å². The molecule has 4 nitrogen and oxygen atoms in total. The van der Waals surface area contributed by atoms with Crippen LogP contribution >= 0.6 is 0 Å². The van der Waals surface area contributed by atoms with Crippen molar-refractivity contribution in [2.45, 2.75) is 20.4 Å². The Hall–Kier alpha value is -0.970. The summed E-state index contributed by atoms with van der Waals surface area (Å²) in [6.07, 6.45) is 0. The Bertz CT molecular complexity index is 355. The monoisotopic (exact) mass is 251 g/mol. The smallest absolute Gasteiger partial charge is 0.0587 e. The third kappa shape index (κ3) is 5.58. The number of rotatable bonds is 8. The Kier molecular flexibility index (Phi) is 6.86. The Balaban J connectivity index is 2.28. The maximum Gasteiger partial charge on any atom is 0.0587 e. The summed E-state index contributed by atoms with van der Waals surface area (Å²) in [4.78, 5) is 6.79. The fourth-order valence-electron chi connectivity index (χ4n) is 1.82. The van der Waals surface area contributed by atoms with Crippen LogP contribution in [0, 0.1) is 13.8 Å². The van der Waals surface area contributed by atoms with Crippen molar-refractivity contribution < 1.29 is 4.74 Å². The van der Waals surface area contributed by atoms with Crippen LogP contribution in [0.1, 0.15) is 17.0 Å². The normalized spacial score (nSPS) is 11.2. The van der Waals surface area contributed by atoms with E-state index < -0.39 is 0 Å². The number of aryl methyl sites for hydroxylation is 2. The first-order valence-corrected chi connectivity index (χ1v) is 6.45. The number of likely N-dealkylation sites (N-methyl/N-ethyl adjacent to an activating group) is 1. The molecule has 0 spiro atoms. The van der Waals surface area contributed by atoms with E-state index in [-0.39, 0.29) is 0 Å². The number of ether oxygens (including phenoxy) is 1. The molecule has 0 bridgehead atoms. The second-order valence-corrected chi connectivity index (χ2v) is 4.68. The third-order valence-corrected chi connectivity index (χ3v) is 2.93. The van der Waals surface area contributed by atoms with E-state index in [1.807, 2.05) is 6.92 Å². The number of hydrogen-bond donors (Lipinski definition) is 1. The maximum atomic E-state index is 4.99. The number of pyridine rings is 1. The second kappa shape index (κ2) is 8.19. The average molecular weight is 251 g/mol. The average Bonchev–Trinajstić information content (AvgIpc) is 2.32. The van der Waals surface area contributed by atoms with Crippen LogP contribution in [-0.4, -0.2) is 50.3 Å². The van der Waals surface area contributed by atoms with Gasteiger partial charge in [0.1, 0.15) is 0 Å². The fraction of sp³-hybridized carbons (Fsp3) is 0.643. The summed E-state index contributed by atoms with van der Waals surface area (Å²) in [6, 6.07) is 4.25. The largest absolute Gasteiger partial charge is 0.383 e. The molecule has 0 aliphatic carbocycles. The van der Waals surface area contributed by atoms with Gasteiger partial charge in [-0.25, -0.2) is 0 Å². The summed E-state index contributed by atoms with van der Waals surface area (Å²) >= 11 is 0. The Labute approximate surface area is 110 Å². The van der Waals surface area contributed by atoms with Crippen LogP contribution in [0.3, 0.4) is 0 Å². The number of nitrogens with zero attached hydrogens (tertiary/aromatic N) is 2. The lowest BCUT2D eigenvalue weighted by Crippen LogP contribution is -2.30. The Morgan fingerprint density at radius 2 is 2.06 bits per heavy atom. The summed E-state index contributed by atoms with van der Waals surface area (Å²) in [7, 11) is 3.86. The quantitative estimate of drug-likeness (QED) is 0.708. The van der Waals surface area contributed by atoms with Crippen molar-refractivity contribution in [3.63, 3.8) is 0 Å². The van der Waals surface area contributed by atoms with Gasteiger partial charge < -0.3 is 15.0 Å². The molecule has 0 unspecified atom stereocenters. The molecule has 0 aromatic carbocycles. The minimum atomic E-state index is 0.769. The molecular weight excluding hydrogens is 226 g/mol. The van der Waals surface area contributed by atoms with Crippen LogP contribution in [0.15, 0.2) is 12.1 Å². The lowest BCUT2D eigenvalue weighted by atomic mass is 10.2. The van der Waals surface area contributed by atoms with E-state index in [1.54, 1.807) is 7.11 Å². The molecule has 4 heteroatoms. The second-order valence-electron chi connectivity index (χ2n) is 4.68. The van der Waals surface area contributed by atoms with E-state index in [1.165, 1.54) is 5.56 Å². The molecule has 0 atom stereocenters. The zero-order valence-corrected chi connectivity index (χ0v) is 12.0. The highest BCUT2D eigenvalue weighted by molar-refractivity contribution is 5.21. The van der Waals surface area contributed by atoms with Gasteiger partial charge in [-0.3, -0.25) is 4.98 Å². The highest BCUT2D eigenvalue weighted by atomic mass is 16.5. The van der Waals surface area contributed by atoms with Crippen LogP contribution in [-0.2, 0) is 11.3 Å². The first-order valence-electron chi connectivity index (χ1n) is 6.45. The molecule has 0 fully saturated rings. The maximum absolute atomic E-state index is 4.99. The molecule has 18 heavy (non-hydrogen) atoms. The zero-order chi connectivity index (χ0) is 13.4. The highest BCUT2D eigenvalue weighted by Crippen LogP contribution is 2.08. The molecule has 0 saturated carbocycles. The van der Waals surface area contributed by atoms with E-state index in [4.69, 9.17) is 4.74 Å². The first-order chi connectivity index (χ1) is 8.63. The Morgan fingerprint density at radius 1 is 1.28 bits per heavy atom. The van der Waals surface area contributed by atoms with Gasteiger partial charge in [0, 0.05) is 44.7 Å². The van der Waals surface area contributed by atoms with Gasteiger partial charge in [0.05, 0.1) is 6.61 Å². The molecule has 0 radical (unpaired) electrons. The minimum Gasteiger partial charge on any atom is -0.383 e. The van der Waals surface area contributed by atoms with Gasteiger partial charge in [0.15, 0.2) is 0 Å². The standard InChI is InChI=1S/C14H25N3O/c1-12-5-6-14(13(2)16-12)11-17(3)9-7-15-8-10-18-4/h5-6,15H,7-11H2,1-4H3. The van der Waals surface area contributed by atoms with Crippen LogP contribution in [0.5, 0.6) is 0 Å². The van der Waals surface area contributed by atoms with Gasteiger partial charge in [-0.15, -0.1) is 0 Å². The highest BCUT2D eigenvalue weighted by Gasteiger charge is 2.04. The summed E-state index contributed by atoms with van der Waals surface area (Å²) in [5, 5.41) is 3.34. The van der Waals surface area contributed by atoms with Crippen molar-refractivity contribution in [1.82, 2.24) is 15.2 Å². The molecule has 1 rings (SSSR count). The third-order valence-electron chi connectivity index (χ3n) is 2.93. The SMILES string of the molecule is COCCNCCN(C)Cc1ccc(C)nc1C. The van der Waals surface area contributed by atoms with Gasteiger partial charge in [-0.05, 0) is 32.5 Å². The number of aromatic nitrogens is 1. The molecule has 1 N–H and O–H groups in total. The van der Waals surface area contributed by atoms with Crippen molar-refractivity contribution in [3.8, 4) is 0 Å². The fourth-order valence-corrected chi connectivity index (χ4v) is 1.82. The van der Waals surface area contributed by atoms with Gasteiger partial charge in [-0.1, -0.05) is 6.07 Å². The lowest BCUT2D eigenvalue weighted by molar-refractivity contribution is 0.197. The molecule has 0 saturated heterocycles. The van der Waals surface area contributed by atoms with Gasteiger partial charge >= 0.3 is 0 Å². The van der Waals surface area contributed by atoms with E-state index in [2.05, 4.69) is 41.3 Å². The topological polar surface area (TPSA) is 37.4 Å². The summed E-state index contributed by atoms with van der Waals surface area (Å²) in [5.41, 5.74) is 3.52. The van der Waals surface area contributed by atoms with Crippen molar-refractivity contribution in [1.29, 1.82) is 0 Å². The predicted octanol–water partition coefficient (Wildman–Crippen LogP) is 1.37. The molecule has 0 aliphatic heterocycles. The zero-order valence-electron chi connectivity index (χ0n) is 12.0. The minimum absolute atomic E-state index is 0.769. The van der Waals surface area contributed by atoms with Crippen LogP contribution in [0.25, 0.3) is 0 Å². The van der Waals surface area contributed by atoms with Gasteiger partial charge in [0.2, 0.25) is 0 Å². The van der Waals surface area contributed by atoms with Gasteiger partial charge in [-0.2, -0.15) is 0 Å². The van der Waals surface area contributed by atoms with Crippen LogP contribution in [0.4, 0.5) is 0 Å². The number of methoxy groups -OCH3 is 1. The van der Waals surface area contributed by atoms with Crippen molar-refractivity contribution in [2.24, 2.45) is 0 Å². The van der Waals surface area contributed by atoms with Gasteiger partial charge in [0.25, 0.3) is 0 Å². The first kappa shape index (κ1) is 15.1. The van der Waals surface area contributed by atoms with E-state index in [0.717, 1.165) is 44.2 Å². The molecule has 1 aromatic rings. The number of hydrogen-bond acceptors (Lipinski definition) is 4. The van der Waals surface area contributed by atoms with Crippen molar-refractivity contribution in [2.75, 3.05) is 40.4 Å². The molecular formula is C14H25N3O. The van der Waals surface area contributed by atoms with E-state index >= 15 is 0 Å². The summed E-state index contributed by atoms with van der Waals surface area (Å²) in [5.74, 6) is 0.